The molecular weight excluding hydrogens is 293 g/mol. The minimum Gasteiger partial charge on any atom is -0.479 e. The van der Waals surface area contributed by atoms with Crippen molar-refractivity contribution in [2.24, 2.45) is 0 Å². The van der Waals surface area contributed by atoms with E-state index in [1.807, 2.05) is 7.05 Å². The molecule has 0 spiro atoms. The summed E-state index contributed by atoms with van der Waals surface area (Å²) in [6.07, 6.45) is 5.04. The van der Waals surface area contributed by atoms with Crippen LogP contribution >= 0.6 is 11.6 Å². The van der Waals surface area contributed by atoms with E-state index in [9.17, 15) is 9.18 Å². The predicted octanol–water partition coefficient (Wildman–Crippen LogP) is 4.04. The highest BCUT2D eigenvalue weighted by molar-refractivity contribution is 6.32. The van der Waals surface area contributed by atoms with Crippen LogP contribution in [-0.2, 0) is 4.79 Å². The van der Waals surface area contributed by atoms with Crippen molar-refractivity contribution in [3.63, 3.8) is 0 Å². The highest BCUT2D eigenvalue weighted by Gasteiger charge is 2.26. The van der Waals surface area contributed by atoms with Crippen molar-refractivity contribution >= 4 is 17.5 Å². The van der Waals surface area contributed by atoms with Gasteiger partial charge < -0.3 is 9.64 Å². The van der Waals surface area contributed by atoms with Gasteiger partial charge in [0.25, 0.3) is 5.91 Å². The molecule has 1 aromatic rings. The molecule has 0 heterocycles. The number of likely N-dealkylation sites (N-methyl/N-ethyl adjacent to an activating group) is 1. The zero-order valence-electron chi connectivity index (χ0n) is 12.4. The van der Waals surface area contributed by atoms with Crippen LogP contribution in [0.5, 0.6) is 5.75 Å². The number of hydrogen-bond acceptors (Lipinski definition) is 2. The van der Waals surface area contributed by atoms with Crippen LogP contribution in [-0.4, -0.2) is 30.0 Å². The number of hydrogen-bond donors (Lipinski definition) is 0. The summed E-state index contributed by atoms with van der Waals surface area (Å²) in [5.41, 5.74) is 0. The number of carbonyl (C=O) groups is 1. The summed E-state index contributed by atoms with van der Waals surface area (Å²) in [5.74, 6) is -0.163. The zero-order valence-corrected chi connectivity index (χ0v) is 13.2. The van der Waals surface area contributed by atoms with Gasteiger partial charge in [0.05, 0.1) is 5.02 Å². The topological polar surface area (TPSA) is 29.5 Å². The summed E-state index contributed by atoms with van der Waals surface area (Å²) >= 11 is 5.92. The lowest BCUT2D eigenvalue weighted by Gasteiger charge is -2.33. The monoisotopic (exact) mass is 313 g/mol. The van der Waals surface area contributed by atoms with Crippen molar-refractivity contribution in [3.8, 4) is 5.75 Å². The molecule has 1 aliphatic carbocycles. The first kappa shape index (κ1) is 16.1. The fourth-order valence-electron chi connectivity index (χ4n) is 2.75. The molecule has 1 atom stereocenters. The van der Waals surface area contributed by atoms with Gasteiger partial charge in [0.15, 0.2) is 6.10 Å². The van der Waals surface area contributed by atoms with Gasteiger partial charge in [-0.2, -0.15) is 0 Å². The number of amides is 1. The average molecular weight is 314 g/mol. The van der Waals surface area contributed by atoms with E-state index < -0.39 is 11.9 Å². The third-order valence-corrected chi connectivity index (χ3v) is 4.31. The molecule has 1 fully saturated rings. The van der Waals surface area contributed by atoms with Gasteiger partial charge in [-0.3, -0.25) is 4.79 Å². The summed E-state index contributed by atoms with van der Waals surface area (Å²) in [6.45, 7) is 1.70. The zero-order chi connectivity index (χ0) is 15.4. The molecule has 0 aliphatic heterocycles. The van der Waals surface area contributed by atoms with E-state index in [1.54, 1.807) is 11.8 Å². The number of nitrogens with zero attached hydrogens (tertiary/aromatic N) is 1. The van der Waals surface area contributed by atoms with Crippen molar-refractivity contribution < 1.29 is 13.9 Å². The first-order chi connectivity index (χ1) is 9.99. The molecule has 0 bridgehead atoms. The van der Waals surface area contributed by atoms with Gasteiger partial charge in [0, 0.05) is 13.1 Å². The molecule has 1 saturated carbocycles. The second-order valence-electron chi connectivity index (χ2n) is 5.58. The molecule has 2 rings (SSSR count). The van der Waals surface area contributed by atoms with Crippen LogP contribution in [0.3, 0.4) is 0 Å². The smallest absolute Gasteiger partial charge is 0.263 e. The van der Waals surface area contributed by atoms with Gasteiger partial charge in [-0.25, -0.2) is 4.39 Å². The number of ether oxygens (including phenoxy) is 1. The van der Waals surface area contributed by atoms with Gasteiger partial charge in [-0.1, -0.05) is 30.9 Å². The van der Waals surface area contributed by atoms with Crippen molar-refractivity contribution in [2.45, 2.75) is 51.2 Å². The SMILES string of the molecule is CC(Oc1ccc(F)cc1Cl)C(=O)N(C)C1CCCCC1. The van der Waals surface area contributed by atoms with E-state index >= 15 is 0 Å². The summed E-state index contributed by atoms with van der Waals surface area (Å²) in [4.78, 5) is 14.2. The normalized spacial score (nSPS) is 17.3. The maximum absolute atomic E-state index is 13.0. The molecule has 1 amide bonds. The molecule has 1 unspecified atom stereocenters. The highest BCUT2D eigenvalue weighted by atomic mass is 35.5. The molecule has 1 aliphatic rings. The fraction of sp³-hybridized carbons (Fsp3) is 0.562. The average Bonchev–Trinajstić information content (AvgIpc) is 2.49. The van der Waals surface area contributed by atoms with Crippen LogP contribution in [0, 0.1) is 5.82 Å². The Labute approximate surface area is 130 Å². The summed E-state index contributed by atoms with van der Waals surface area (Å²) in [6, 6.07) is 4.19. The fourth-order valence-corrected chi connectivity index (χ4v) is 2.96. The van der Waals surface area contributed by atoms with Gasteiger partial charge in [-0.05, 0) is 38.0 Å². The Bertz CT molecular complexity index is 503. The summed E-state index contributed by atoms with van der Waals surface area (Å²) in [7, 11) is 1.82. The summed E-state index contributed by atoms with van der Waals surface area (Å²) in [5, 5.41) is 0.176. The lowest BCUT2D eigenvalue weighted by Crippen LogP contribution is -2.44. The molecule has 3 nitrogen and oxygen atoms in total. The lowest BCUT2D eigenvalue weighted by atomic mass is 9.94. The van der Waals surface area contributed by atoms with Crippen molar-refractivity contribution in [1.82, 2.24) is 4.90 Å². The molecule has 0 saturated heterocycles. The minimum absolute atomic E-state index is 0.0673. The lowest BCUT2D eigenvalue weighted by molar-refractivity contribution is -0.139. The third kappa shape index (κ3) is 4.10. The number of benzene rings is 1. The van der Waals surface area contributed by atoms with Crippen LogP contribution in [0.2, 0.25) is 5.02 Å². The molecular formula is C16H21ClFNO2. The maximum atomic E-state index is 13.0. The summed E-state index contributed by atoms with van der Waals surface area (Å²) < 4.78 is 18.6. The second-order valence-corrected chi connectivity index (χ2v) is 5.98. The van der Waals surface area contributed by atoms with E-state index in [2.05, 4.69) is 0 Å². The minimum atomic E-state index is -0.639. The Balaban J connectivity index is 1.98. The number of halogens is 2. The molecule has 0 radical (unpaired) electrons. The molecule has 116 valence electrons. The van der Waals surface area contributed by atoms with E-state index in [0.717, 1.165) is 12.8 Å². The Kier molecular flexibility index (Phi) is 5.45. The predicted molar refractivity (Wildman–Crippen MR) is 81.1 cm³/mol. The number of rotatable bonds is 4. The van der Waals surface area contributed by atoms with Crippen LogP contribution in [0.15, 0.2) is 18.2 Å². The molecule has 0 N–H and O–H groups in total. The van der Waals surface area contributed by atoms with Crippen LogP contribution in [0.25, 0.3) is 0 Å². The Morgan fingerprint density at radius 3 is 2.67 bits per heavy atom. The van der Waals surface area contributed by atoms with Crippen molar-refractivity contribution in [3.05, 3.63) is 29.0 Å². The van der Waals surface area contributed by atoms with Crippen molar-refractivity contribution in [1.29, 1.82) is 0 Å². The maximum Gasteiger partial charge on any atom is 0.263 e. The van der Waals surface area contributed by atoms with E-state index in [-0.39, 0.29) is 10.9 Å². The molecule has 5 heteroatoms. The van der Waals surface area contributed by atoms with Gasteiger partial charge in [0.2, 0.25) is 0 Å². The second kappa shape index (κ2) is 7.12. The molecule has 1 aromatic carbocycles. The highest BCUT2D eigenvalue weighted by Crippen LogP contribution is 2.27. The van der Waals surface area contributed by atoms with Crippen molar-refractivity contribution in [2.75, 3.05) is 7.05 Å². The molecule has 0 aromatic heterocycles. The largest absolute Gasteiger partial charge is 0.479 e. The van der Waals surface area contributed by atoms with E-state index in [4.69, 9.17) is 16.3 Å². The third-order valence-electron chi connectivity index (χ3n) is 4.02. The van der Waals surface area contributed by atoms with Gasteiger partial charge >= 0.3 is 0 Å². The van der Waals surface area contributed by atoms with Crippen LogP contribution in [0.4, 0.5) is 4.39 Å². The number of carbonyl (C=O) groups excluding carboxylic acids is 1. The van der Waals surface area contributed by atoms with Gasteiger partial charge in [0.1, 0.15) is 11.6 Å². The Morgan fingerprint density at radius 1 is 1.38 bits per heavy atom. The van der Waals surface area contributed by atoms with Gasteiger partial charge in [-0.15, -0.1) is 0 Å². The Morgan fingerprint density at radius 2 is 2.05 bits per heavy atom. The van der Waals surface area contributed by atoms with Crippen LogP contribution in [0.1, 0.15) is 39.0 Å². The van der Waals surface area contributed by atoms with E-state index in [0.29, 0.717) is 11.8 Å². The standard InChI is InChI=1S/C16H21ClFNO2/c1-11(21-15-9-8-12(18)10-14(15)17)16(20)19(2)13-6-4-3-5-7-13/h8-11,13H,3-7H2,1-2H3. The quantitative estimate of drug-likeness (QED) is 0.839. The van der Waals surface area contributed by atoms with E-state index in [1.165, 1.54) is 37.5 Å². The Hall–Kier alpha value is -1.29. The van der Waals surface area contributed by atoms with Crippen LogP contribution < -0.4 is 4.74 Å². The first-order valence-electron chi connectivity index (χ1n) is 7.37. The molecule has 21 heavy (non-hydrogen) atoms. The first-order valence-corrected chi connectivity index (χ1v) is 7.75.